The van der Waals surface area contributed by atoms with Gasteiger partial charge in [0.25, 0.3) is 12.3 Å². The van der Waals surface area contributed by atoms with Crippen LogP contribution in [0, 0.1) is 41.4 Å². The van der Waals surface area contributed by atoms with E-state index in [9.17, 15) is 33.6 Å². The average molecular weight is 1370 g/mol. The van der Waals surface area contributed by atoms with Crippen LogP contribution in [0.2, 0.25) is 18.1 Å². The molecule has 1 heterocycles. The second kappa shape index (κ2) is 37.6. The van der Waals surface area contributed by atoms with Gasteiger partial charge in [-0.05, 0) is 119 Å². The minimum Gasteiger partial charge on any atom is -0.411 e. The molecule has 13 atom stereocenters. The molecule has 1 aliphatic heterocycles. The van der Waals surface area contributed by atoms with E-state index >= 15 is 28.0 Å². The van der Waals surface area contributed by atoms with Crippen LogP contribution in [0.4, 0.5) is 8.78 Å². The third-order valence-electron chi connectivity index (χ3n) is 18.7. The van der Waals surface area contributed by atoms with E-state index in [1.165, 1.54) is 75.6 Å². The molecule has 4 N–H and O–H groups in total. The number of likely N-dealkylation sites (N-methyl/N-ethyl adjacent to an activating group) is 7. The first kappa shape index (κ1) is 87.0. The largest absolute Gasteiger partial charge is 0.411 e. The van der Waals surface area contributed by atoms with Crippen LogP contribution in [0.25, 0.3) is 0 Å². The normalized spacial score (nSPS) is 26.6. The number of hydrogen-bond acceptors (Lipinski definition) is 12. The van der Waals surface area contributed by atoms with Crippen LogP contribution in [-0.2, 0) is 57.2 Å². The maximum Gasteiger partial charge on any atom is 0.267 e. The zero-order valence-corrected chi connectivity index (χ0v) is 64.2. The molecule has 1 rings (SSSR count). The third kappa shape index (κ3) is 23.6. The number of rotatable bonds is 18. The number of alkyl halides is 2. The maximum atomic E-state index is 15.8. The Bertz CT molecular complexity index is 2650. The number of halogens is 2. The number of allylic oxidation sites excluding steroid dienone is 2. The molecule has 26 heteroatoms. The molecule has 95 heavy (non-hydrogen) atoms. The minimum atomic E-state index is -3.54. The first-order valence-corrected chi connectivity index (χ1v) is 37.0. The Morgan fingerprint density at radius 3 is 1.25 bits per heavy atom. The molecule has 0 spiro atoms. The Labute approximate surface area is 569 Å². The average Bonchev–Trinajstić information content (AvgIpc) is 0.806. The summed E-state index contributed by atoms with van der Waals surface area (Å²) in [5.41, 5.74) is 0. The van der Waals surface area contributed by atoms with Crippen LogP contribution in [0.1, 0.15) is 177 Å². The van der Waals surface area contributed by atoms with Gasteiger partial charge in [-0.3, -0.25) is 52.7 Å². The number of carbonyl (C=O) groups is 11. The smallest absolute Gasteiger partial charge is 0.267 e. The lowest BCUT2D eigenvalue weighted by atomic mass is 9.91. The molecule has 0 aromatic carbocycles. The number of amides is 11. The van der Waals surface area contributed by atoms with Gasteiger partial charge in [-0.25, -0.2) is 8.78 Å². The quantitative estimate of drug-likeness (QED) is 0.0804. The van der Waals surface area contributed by atoms with Crippen LogP contribution in [0.15, 0.2) is 12.2 Å². The topological polar surface area (TPSA) is 268 Å². The molecule has 1 fully saturated rings. The fourth-order valence-electron chi connectivity index (χ4n) is 11.7. The highest BCUT2D eigenvalue weighted by Crippen LogP contribution is 2.40. The molecule has 0 saturated carbocycles. The summed E-state index contributed by atoms with van der Waals surface area (Å²) < 4.78 is 38.8. The molecule has 0 aromatic rings. The van der Waals surface area contributed by atoms with Gasteiger partial charge >= 0.3 is 0 Å². The van der Waals surface area contributed by atoms with E-state index in [0.717, 1.165) is 23.9 Å². The van der Waals surface area contributed by atoms with Crippen molar-refractivity contribution in [2.24, 2.45) is 41.4 Å². The Kier molecular flexibility index (Phi) is 34.4. The first-order valence-electron chi connectivity index (χ1n) is 34.1. The van der Waals surface area contributed by atoms with Gasteiger partial charge in [0.15, 0.2) is 14.4 Å². The molecule has 1 saturated heterocycles. The van der Waals surface area contributed by atoms with E-state index in [4.69, 9.17) is 4.43 Å². The minimum absolute atomic E-state index is 0.0882. The van der Waals surface area contributed by atoms with Crippen LogP contribution < -0.4 is 21.3 Å². The lowest BCUT2D eigenvalue weighted by Gasteiger charge is -2.46. The summed E-state index contributed by atoms with van der Waals surface area (Å²) in [5.74, 6) is -11.7. The van der Waals surface area contributed by atoms with Gasteiger partial charge in [0.2, 0.25) is 59.1 Å². The van der Waals surface area contributed by atoms with E-state index in [2.05, 4.69) is 21.3 Å². The molecule has 23 nitrogen and oxygen atoms in total. The SMILES string of the molecule is C/C=C/C[C@@H](C)[C@@H](O[Si](C)(C)C(C)(C)C)[C@@H]1C(=O)N[C@H](CC)C(=O)N(C)[C@H](C(F)F)C(=O)N(C)[C@@H](CC(C)C)C(=O)N[C@H](C(C)C)C(=O)N(C)[C@H](CC(C)C)C(=O)N[C@H](C)C(=O)N[C@@H](C)C(=O)N(C)[C@H](CC(C)C)C(=O)N(C)[C@H](CC(C)C)C(=O)N(C)[C@H](C(C)C)C(=O)N1C. The summed E-state index contributed by atoms with van der Waals surface area (Å²) in [7, 11) is 6.36. The summed E-state index contributed by atoms with van der Waals surface area (Å²) in [5, 5.41) is 10.4. The van der Waals surface area contributed by atoms with E-state index in [0.29, 0.717) is 11.3 Å². The van der Waals surface area contributed by atoms with Crippen molar-refractivity contribution in [3.8, 4) is 0 Å². The number of nitrogens with one attached hydrogen (secondary N) is 4. The van der Waals surface area contributed by atoms with Crippen molar-refractivity contribution in [2.45, 2.75) is 274 Å². The Hall–Kier alpha value is -6.05. The molecule has 0 unspecified atom stereocenters. The highest BCUT2D eigenvalue weighted by atomic mass is 28.4. The number of hydrogen-bond donors (Lipinski definition) is 4. The maximum absolute atomic E-state index is 15.8. The van der Waals surface area contributed by atoms with Gasteiger partial charge in [0.05, 0.1) is 6.10 Å². The highest BCUT2D eigenvalue weighted by Gasteiger charge is 2.50. The molecule has 1 aliphatic rings. The van der Waals surface area contributed by atoms with Crippen LogP contribution in [0.5, 0.6) is 0 Å². The van der Waals surface area contributed by atoms with Crippen molar-refractivity contribution >= 4 is 73.3 Å². The van der Waals surface area contributed by atoms with Gasteiger partial charge in [-0.15, -0.1) is 0 Å². The molecular weight excluding hydrogens is 1240 g/mol. The van der Waals surface area contributed by atoms with Crippen molar-refractivity contribution in [2.75, 3.05) is 49.3 Å². The van der Waals surface area contributed by atoms with E-state index in [1.54, 1.807) is 41.5 Å². The Balaban J connectivity index is 4.70. The number of carbonyl (C=O) groups excluding carboxylic acids is 11. The summed E-state index contributed by atoms with van der Waals surface area (Å²) >= 11 is 0. The standard InChI is InChI=1S/C69H125F2N11O12Si/c1-30-32-33-44(15)56(94-95(28,29)69(18,19)20)54-61(86)74-47(31-2)63(88)82(27)55(57(70)71)68(93)77(22)49(35-39(5)6)60(85)75-52(42(11)12)66(91)76(21)48(34-38(3)4)59(84)72-45(16)58(83)73-46(17)62(87)78(23)50(36-40(7)8)64(89)79(24)51(37-41(9)10)65(90)80(25)53(43(13)14)67(92)81(54)26/h30,32,38-57H,31,33-37H2,1-29H3,(H,72,84)(H,73,83)(H,74,86)(H,75,85)/b32-30+/t44-,45-,46+,47-,48-,49+,50-,51-,52-,53-,54-,55-,56-/m1/s1. The Morgan fingerprint density at radius 2 is 0.842 bits per heavy atom. The van der Waals surface area contributed by atoms with Crippen LogP contribution in [-0.4, -0.2) is 236 Å². The van der Waals surface area contributed by atoms with Crippen molar-refractivity contribution in [1.82, 2.24) is 55.6 Å². The summed E-state index contributed by atoms with van der Waals surface area (Å²) in [6, 6.07) is -15.9. The molecule has 0 aromatic heterocycles. The first-order chi connectivity index (χ1) is 43.5. The van der Waals surface area contributed by atoms with E-state index < -0.39 is 175 Å². The molecular formula is C69H125F2N11O12Si. The van der Waals surface area contributed by atoms with Gasteiger partial charge in [-0.2, -0.15) is 0 Å². The van der Waals surface area contributed by atoms with Gasteiger partial charge in [-0.1, -0.05) is 130 Å². The molecule has 546 valence electrons. The molecule has 0 radical (unpaired) electrons. The van der Waals surface area contributed by atoms with Gasteiger partial charge < -0.3 is 60.0 Å². The predicted octanol–water partition coefficient (Wildman–Crippen LogP) is 6.93. The predicted molar refractivity (Wildman–Crippen MR) is 369 cm³/mol. The molecule has 0 aliphatic carbocycles. The second-order valence-corrected chi connectivity index (χ2v) is 35.2. The van der Waals surface area contributed by atoms with Crippen molar-refractivity contribution < 1.29 is 65.9 Å². The van der Waals surface area contributed by atoms with Crippen LogP contribution in [0.3, 0.4) is 0 Å². The zero-order valence-electron chi connectivity index (χ0n) is 63.2. The lowest BCUT2D eigenvalue weighted by Crippen LogP contribution is -2.65. The molecule has 0 bridgehead atoms. The lowest BCUT2D eigenvalue weighted by molar-refractivity contribution is -0.158. The summed E-state index contributed by atoms with van der Waals surface area (Å²) in [4.78, 5) is 172. The Morgan fingerprint density at radius 1 is 0.463 bits per heavy atom. The van der Waals surface area contributed by atoms with Crippen molar-refractivity contribution in [3.63, 3.8) is 0 Å². The third-order valence-corrected chi connectivity index (χ3v) is 23.2. The highest BCUT2D eigenvalue weighted by molar-refractivity contribution is 6.74. The second-order valence-electron chi connectivity index (χ2n) is 30.4. The number of nitrogens with zero attached hydrogens (tertiary/aromatic N) is 7. The van der Waals surface area contributed by atoms with Gasteiger partial charge in [0, 0.05) is 49.3 Å². The zero-order chi connectivity index (χ0) is 74.1. The summed E-state index contributed by atoms with van der Waals surface area (Å²) in [6.07, 6.45) is -0.486. The van der Waals surface area contributed by atoms with Crippen molar-refractivity contribution in [1.29, 1.82) is 0 Å². The van der Waals surface area contributed by atoms with Gasteiger partial charge in [0.1, 0.15) is 60.4 Å². The summed E-state index contributed by atoms with van der Waals surface area (Å²) in [6.45, 7) is 39.4. The fourth-order valence-corrected chi connectivity index (χ4v) is 13.1. The fraction of sp³-hybridized carbons (Fsp3) is 0.812. The van der Waals surface area contributed by atoms with E-state index in [1.807, 2.05) is 101 Å². The monoisotopic (exact) mass is 1370 g/mol. The molecule has 11 amide bonds. The van der Waals surface area contributed by atoms with Crippen molar-refractivity contribution in [3.05, 3.63) is 12.2 Å². The van der Waals surface area contributed by atoms with E-state index in [-0.39, 0.29) is 55.8 Å². The van der Waals surface area contributed by atoms with Crippen LogP contribution >= 0.6 is 0 Å².